The zero-order chi connectivity index (χ0) is 15.7. The molecule has 21 heavy (non-hydrogen) atoms. The fourth-order valence-corrected chi connectivity index (χ4v) is 3.81. The number of aromatic nitrogens is 1. The Morgan fingerprint density at radius 3 is 2.48 bits per heavy atom. The van der Waals surface area contributed by atoms with Gasteiger partial charge in [-0.2, -0.15) is 0 Å². The highest BCUT2D eigenvalue weighted by molar-refractivity contribution is 7.15. The molecular weight excluding hydrogens is 282 g/mol. The van der Waals surface area contributed by atoms with Crippen molar-refractivity contribution in [3.63, 3.8) is 0 Å². The molecule has 0 bridgehead atoms. The minimum atomic E-state index is -0.135. The fraction of sp³-hybridized carbons (Fsp3) is 0.812. The first-order valence-corrected chi connectivity index (χ1v) is 8.59. The van der Waals surface area contributed by atoms with E-state index in [-0.39, 0.29) is 11.2 Å². The van der Waals surface area contributed by atoms with Gasteiger partial charge in [-0.25, -0.2) is 4.98 Å². The Balaban J connectivity index is 2.00. The van der Waals surface area contributed by atoms with E-state index >= 15 is 0 Å². The van der Waals surface area contributed by atoms with Crippen molar-refractivity contribution in [3.05, 3.63) is 11.1 Å². The van der Waals surface area contributed by atoms with Gasteiger partial charge in [-0.1, -0.05) is 13.8 Å². The molecule has 120 valence electrons. The first-order chi connectivity index (χ1) is 9.67. The van der Waals surface area contributed by atoms with E-state index in [0.29, 0.717) is 5.92 Å². The maximum Gasteiger partial charge on any atom is 0.185 e. The van der Waals surface area contributed by atoms with Crippen LogP contribution >= 0.6 is 11.3 Å². The highest BCUT2D eigenvalue weighted by Gasteiger charge is 2.39. The maximum absolute atomic E-state index is 6.13. The Bertz CT molecular complexity index is 452. The third-order valence-corrected chi connectivity index (χ3v) is 4.42. The highest BCUT2D eigenvalue weighted by atomic mass is 32.1. The number of thiazole rings is 1. The molecule has 1 aliphatic heterocycles. The summed E-state index contributed by atoms with van der Waals surface area (Å²) in [6, 6.07) is 0. The number of morpholine rings is 1. The zero-order valence-electron chi connectivity index (χ0n) is 14.2. The average molecular weight is 311 g/mol. The van der Waals surface area contributed by atoms with Crippen LogP contribution < -0.4 is 10.2 Å². The molecule has 2 rings (SSSR count). The summed E-state index contributed by atoms with van der Waals surface area (Å²) >= 11 is 1.79. The highest BCUT2D eigenvalue weighted by Crippen LogP contribution is 2.33. The predicted molar refractivity (Wildman–Crippen MR) is 90.1 cm³/mol. The third kappa shape index (κ3) is 4.94. The van der Waals surface area contributed by atoms with Gasteiger partial charge < -0.3 is 15.0 Å². The molecule has 1 saturated heterocycles. The van der Waals surface area contributed by atoms with Gasteiger partial charge in [-0.05, 0) is 40.2 Å². The molecule has 2 heterocycles. The lowest BCUT2D eigenvalue weighted by Crippen LogP contribution is -2.57. The quantitative estimate of drug-likeness (QED) is 0.905. The molecule has 1 fully saturated rings. The topological polar surface area (TPSA) is 37.4 Å². The molecule has 0 unspecified atom stereocenters. The van der Waals surface area contributed by atoms with Gasteiger partial charge in [0.25, 0.3) is 0 Å². The summed E-state index contributed by atoms with van der Waals surface area (Å²) in [5.41, 5.74) is -0.271. The second-order valence-electron chi connectivity index (χ2n) is 7.61. The van der Waals surface area contributed by atoms with Crippen LogP contribution in [0.2, 0.25) is 0 Å². The van der Waals surface area contributed by atoms with Crippen molar-refractivity contribution >= 4 is 16.5 Å². The van der Waals surface area contributed by atoms with E-state index in [4.69, 9.17) is 4.74 Å². The monoisotopic (exact) mass is 311 g/mol. The molecule has 0 aromatic carbocycles. The summed E-state index contributed by atoms with van der Waals surface area (Å²) in [4.78, 5) is 8.28. The van der Waals surface area contributed by atoms with E-state index in [1.165, 1.54) is 4.88 Å². The Morgan fingerprint density at radius 2 is 1.90 bits per heavy atom. The molecule has 0 amide bonds. The number of nitrogens with one attached hydrogen (secondary N) is 1. The molecule has 0 atom stereocenters. The molecule has 0 radical (unpaired) electrons. The smallest absolute Gasteiger partial charge is 0.185 e. The van der Waals surface area contributed by atoms with Crippen LogP contribution in [0.4, 0.5) is 5.13 Å². The van der Waals surface area contributed by atoms with Crippen LogP contribution in [0.5, 0.6) is 0 Å². The summed E-state index contributed by atoms with van der Waals surface area (Å²) in [7, 11) is 0. The Labute approximate surface area is 132 Å². The van der Waals surface area contributed by atoms with E-state index < -0.39 is 0 Å². The van der Waals surface area contributed by atoms with Crippen molar-refractivity contribution in [1.29, 1.82) is 0 Å². The van der Waals surface area contributed by atoms with Gasteiger partial charge in [0.1, 0.15) is 0 Å². The summed E-state index contributed by atoms with van der Waals surface area (Å²) in [6.45, 7) is 16.8. The molecule has 1 N–H and O–H groups in total. The molecule has 1 aromatic heterocycles. The van der Waals surface area contributed by atoms with Crippen molar-refractivity contribution in [1.82, 2.24) is 10.3 Å². The van der Waals surface area contributed by atoms with Crippen molar-refractivity contribution in [2.24, 2.45) is 5.92 Å². The molecule has 4 nitrogen and oxygen atoms in total. The lowest BCUT2D eigenvalue weighted by atomic mass is 9.99. The number of nitrogens with zero attached hydrogens (tertiary/aromatic N) is 2. The Morgan fingerprint density at radius 1 is 1.29 bits per heavy atom. The van der Waals surface area contributed by atoms with Gasteiger partial charge in [0.05, 0.1) is 11.2 Å². The predicted octanol–water partition coefficient (Wildman–Crippen LogP) is 3.28. The lowest BCUT2D eigenvalue weighted by Gasteiger charge is -2.47. The minimum absolute atomic E-state index is 0.135. The molecular formula is C16H29N3OS. The van der Waals surface area contributed by atoms with E-state index in [0.717, 1.165) is 31.3 Å². The van der Waals surface area contributed by atoms with Gasteiger partial charge in [0.15, 0.2) is 5.13 Å². The second kappa shape index (κ2) is 6.23. The summed E-state index contributed by atoms with van der Waals surface area (Å²) < 4.78 is 6.13. The van der Waals surface area contributed by atoms with Crippen molar-refractivity contribution in [3.8, 4) is 0 Å². The van der Waals surface area contributed by atoms with E-state index in [1.807, 2.05) is 6.20 Å². The normalized spacial score (nSPS) is 21.0. The summed E-state index contributed by atoms with van der Waals surface area (Å²) in [5, 5.41) is 4.59. The average Bonchev–Trinajstić information content (AvgIpc) is 2.73. The minimum Gasteiger partial charge on any atom is -0.366 e. The van der Waals surface area contributed by atoms with E-state index in [9.17, 15) is 0 Å². The first-order valence-electron chi connectivity index (χ1n) is 7.77. The van der Waals surface area contributed by atoms with E-state index in [1.54, 1.807) is 11.3 Å². The maximum atomic E-state index is 6.13. The number of hydrogen-bond donors (Lipinski definition) is 1. The number of rotatable bonds is 5. The molecule has 5 heteroatoms. The first kappa shape index (κ1) is 16.7. The zero-order valence-corrected chi connectivity index (χ0v) is 15.0. The number of hydrogen-bond acceptors (Lipinski definition) is 5. The summed E-state index contributed by atoms with van der Waals surface area (Å²) in [5.74, 6) is 0.679. The van der Waals surface area contributed by atoms with Crippen LogP contribution in [-0.2, 0) is 11.3 Å². The Hall–Kier alpha value is -0.650. The SMILES string of the molecule is CC(C)CNCc1cnc(N2CC(C)(C)OC(C)(C)C2)s1. The van der Waals surface area contributed by atoms with Crippen LogP contribution in [0.3, 0.4) is 0 Å². The molecule has 0 saturated carbocycles. The van der Waals surface area contributed by atoms with Gasteiger partial charge in [0.2, 0.25) is 0 Å². The Kier molecular flexibility index (Phi) is 4.96. The summed E-state index contributed by atoms with van der Waals surface area (Å²) in [6.07, 6.45) is 2.00. The van der Waals surface area contributed by atoms with Gasteiger partial charge in [-0.15, -0.1) is 11.3 Å². The lowest BCUT2D eigenvalue weighted by molar-refractivity contribution is -0.133. The van der Waals surface area contributed by atoms with Gasteiger partial charge in [-0.3, -0.25) is 0 Å². The largest absolute Gasteiger partial charge is 0.366 e. The van der Waals surface area contributed by atoms with Gasteiger partial charge >= 0.3 is 0 Å². The van der Waals surface area contributed by atoms with Crippen LogP contribution in [0.15, 0.2) is 6.20 Å². The molecule has 1 aromatic rings. The molecule has 0 spiro atoms. The van der Waals surface area contributed by atoms with Crippen molar-refractivity contribution in [2.45, 2.75) is 59.3 Å². The van der Waals surface area contributed by atoms with Crippen LogP contribution in [0.1, 0.15) is 46.4 Å². The third-order valence-electron chi connectivity index (χ3n) is 3.36. The second-order valence-corrected chi connectivity index (χ2v) is 8.71. The number of anilines is 1. The van der Waals surface area contributed by atoms with Gasteiger partial charge in [0, 0.05) is 30.7 Å². The van der Waals surface area contributed by atoms with E-state index in [2.05, 4.69) is 56.7 Å². The van der Waals surface area contributed by atoms with Crippen LogP contribution in [0.25, 0.3) is 0 Å². The molecule has 1 aliphatic rings. The fourth-order valence-electron chi connectivity index (χ4n) is 2.93. The van der Waals surface area contributed by atoms with Crippen LogP contribution in [-0.4, -0.2) is 35.8 Å². The van der Waals surface area contributed by atoms with Crippen molar-refractivity contribution < 1.29 is 4.74 Å². The molecule has 0 aliphatic carbocycles. The standard InChI is InChI=1S/C16H29N3OS/c1-12(2)7-17-8-13-9-18-14(21-13)19-10-15(3,4)20-16(5,6)11-19/h9,12,17H,7-8,10-11H2,1-6H3. The van der Waals surface area contributed by atoms with Crippen molar-refractivity contribution in [2.75, 3.05) is 24.5 Å². The van der Waals surface area contributed by atoms with Crippen LogP contribution in [0, 0.1) is 5.92 Å². The number of ether oxygens (including phenoxy) is 1.